The number of benzene rings is 1. The fourth-order valence-electron chi connectivity index (χ4n) is 5.07. The standard InChI is InChI=1S/C28H43N5O2.ClH/c1-3-31(4-2)13-14-33-17-15-32(16-18-33)12-9-26(34)21-25-19-24-20-28(6-5-23(24)22-30-25)35-27-7-10-29-11-8-27;/h5-6,19-20,22,27,29H,3-4,7-18,21H2,1-2H3;1H. The highest BCUT2D eigenvalue weighted by Gasteiger charge is 2.18. The molecule has 2 saturated heterocycles. The first-order chi connectivity index (χ1) is 17.1. The normalized spacial score (nSPS) is 17.9. The Hall–Kier alpha value is -1.77. The highest BCUT2D eigenvalue weighted by atomic mass is 35.5. The van der Waals surface area contributed by atoms with Gasteiger partial charge in [0.2, 0.25) is 0 Å². The average Bonchev–Trinajstić information content (AvgIpc) is 2.89. The first kappa shape index (κ1) is 28.8. The molecule has 1 N–H and O–H groups in total. The summed E-state index contributed by atoms with van der Waals surface area (Å²) in [5, 5.41) is 5.55. The Morgan fingerprint density at radius 2 is 1.72 bits per heavy atom. The van der Waals surface area contributed by atoms with Crippen LogP contribution in [0.1, 0.15) is 38.8 Å². The maximum Gasteiger partial charge on any atom is 0.140 e. The topological polar surface area (TPSA) is 60.9 Å². The summed E-state index contributed by atoms with van der Waals surface area (Å²) in [5.74, 6) is 1.17. The number of piperidine rings is 1. The van der Waals surface area contributed by atoms with E-state index in [1.807, 2.05) is 12.3 Å². The van der Waals surface area contributed by atoms with Gasteiger partial charge < -0.3 is 19.9 Å². The summed E-state index contributed by atoms with van der Waals surface area (Å²) in [6.07, 6.45) is 5.24. The number of piperazine rings is 1. The Bertz CT molecular complexity index is 941. The van der Waals surface area contributed by atoms with E-state index in [0.717, 1.165) is 107 Å². The van der Waals surface area contributed by atoms with Gasteiger partial charge in [0.25, 0.3) is 0 Å². The monoisotopic (exact) mass is 517 g/mol. The van der Waals surface area contributed by atoms with Crippen molar-refractivity contribution >= 4 is 29.0 Å². The molecule has 36 heavy (non-hydrogen) atoms. The smallest absolute Gasteiger partial charge is 0.140 e. The minimum Gasteiger partial charge on any atom is -0.490 e. The van der Waals surface area contributed by atoms with Crippen molar-refractivity contribution in [2.45, 2.75) is 45.6 Å². The molecule has 0 unspecified atom stereocenters. The number of halogens is 1. The Morgan fingerprint density at radius 3 is 2.42 bits per heavy atom. The Balaban J connectivity index is 0.00000361. The predicted octanol–water partition coefficient (Wildman–Crippen LogP) is 3.25. The fraction of sp³-hybridized carbons (Fsp3) is 0.643. The molecule has 1 aromatic carbocycles. The fourth-order valence-corrected chi connectivity index (χ4v) is 5.07. The van der Waals surface area contributed by atoms with Crippen LogP contribution in [-0.4, -0.2) is 104 Å². The van der Waals surface area contributed by atoms with Crippen LogP contribution in [0.15, 0.2) is 30.5 Å². The summed E-state index contributed by atoms with van der Waals surface area (Å²) in [4.78, 5) is 24.7. The molecule has 2 aromatic rings. The molecular formula is C28H44ClN5O2. The van der Waals surface area contributed by atoms with E-state index in [0.29, 0.717) is 12.8 Å². The van der Waals surface area contributed by atoms with E-state index in [1.54, 1.807) is 0 Å². The molecule has 0 aliphatic carbocycles. The van der Waals surface area contributed by atoms with Crippen molar-refractivity contribution in [3.05, 3.63) is 36.2 Å². The average molecular weight is 518 g/mol. The van der Waals surface area contributed by atoms with Gasteiger partial charge in [-0.1, -0.05) is 13.8 Å². The van der Waals surface area contributed by atoms with Crippen LogP contribution in [0.2, 0.25) is 0 Å². The van der Waals surface area contributed by atoms with Gasteiger partial charge in [-0.25, -0.2) is 0 Å². The number of carbonyl (C=O) groups excluding carboxylic acids is 1. The molecule has 200 valence electrons. The SMILES string of the molecule is CCN(CC)CCN1CCN(CCC(=O)Cc2cc3cc(OC4CCNCC4)ccc3cn2)CC1.Cl. The number of Topliss-reactive ketones (excluding diaryl/α,β-unsaturated/α-hetero) is 1. The number of ether oxygens (including phenoxy) is 1. The van der Waals surface area contributed by atoms with E-state index in [9.17, 15) is 4.79 Å². The Labute approximate surface area is 223 Å². The first-order valence-electron chi connectivity index (χ1n) is 13.6. The molecule has 2 aliphatic rings. The number of ketones is 1. The summed E-state index contributed by atoms with van der Waals surface area (Å²) in [7, 11) is 0. The van der Waals surface area contributed by atoms with Crippen LogP contribution >= 0.6 is 12.4 Å². The molecule has 0 radical (unpaired) electrons. The van der Waals surface area contributed by atoms with E-state index < -0.39 is 0 Å². The number of nitrogens with one attached hydrogen (secondary N) is 1. The first-order valence-corrected chi connectivity index (χ1v) is 13.6. The van der Waals surface area contributed by atoms with Crippen LogP contribution in [0.4, 0.5) is 0 Å². The summed E-state index contributed by atoms with van der Waals surface area (Å²) < 4.78 is 6.20. The van der Waals surface area contributed by atoms with Crippen LogP contribution in [0.5, 0.6) is 5.75 Å². The highest BCUT2D eigenvalue weighted by molar-refractivity contribution is 5.86. The Kier molecular flexibility index (Phi) is 11.9. The van der Waals surface area contributed by atoms with Crippen molar-refractivity contribution in [3.8, 4) is 5.75 Å². The molecule has 0 spiro atoms. The van der Waals surface area contributed by atoms with Crippen LogP contribution in [0.3, 0.4) is 0 Å². The van der Waals surface area contributed by atoms with E-state index in [-0.39, 0.29) is 24.3 Å². The molecule has 0 amide bonds. The zero-order chi connectivity index (χ0) is 24.5. The van der Waals surface area contributed by atoms with Gasteiger partial charge in [0, 0.05) is 75.9 Å². The number of pyridine rings is 1. The molecule has 0 saturated carbocycles. The zero-order valence-corrected chi connectivity index (χ0v) is 22.9. The quantitative estimate of drug-likeness (QED) is 0.463. The van der Waals surface area contributed by atoms with Crippen molar-refractivity contribution < 1.29 is 9.53 Å². The minimum atomic E-state index is 0. The number of aromatic nitrogens is 1. The highest BCUT2D eigenvalue weighted by Crippen LogP contribution is 2.23. The third-order valence-corrected chi connectivity index (χ3v) is 7.52. The number of hydrogen-bond donors (Lipinski definition) is 1. The lowest BCUT2D eigenvalue weighted by Gasteiger charge is -2.35. The lowest BCUT2D eigenvalue weighted by molar-refractivity contribution is -0.118. The van der Waals surface area contributed by atoms with Gasteiger partial charge in [-0.3, -0.25) is 14.7 Å². The number of fused-ring (bicyclic) bond motifs is 1. The largest absolute Gasteiger partial charge is 0.490 e. The van der Waals surface area contributed by atoms with E-state index >= 15 is 0 Å². The van der Waals surface area contributed by atoms with E-state index in [1.165, 1.54) is 0 Å². The second kappa shape index (κ2) is 14.8. The summed E-state index contributed by atoms with van der Waals surface area (Å²) in [5.41, 5.74) is 0.850. The van der Waals surface area contributed by atoms with E-state index in [2.05, 4.69) is 57.0 Å². The number of hydrogen-bond acceptors (Lipinski definition) is 7. The Morgan fingerprint density at radius 1 is 1.03 bits per heavy atom. The summed E-state index contributed by atoms with van der Waals surface area (Å²) in [6, 6.07) is 8.23. The van der Waals surface area contributed by atoms with Gasteiger partial charge in [0.15, 0.2) is 0 Å². The molecule has 0 atom stereocenters. The number of nitrogens with zero attached hydrogens (tertiary/aromatic N) is 4. The van der Waals surface area contributed by atoms with Gasteiger partial charge in [-0.2, -0.15) is 0 Å². The molecule has 3 heterocycles. The van der Waals surface area contributed by atoms with Crippen molar-refractivity contribution in [3.63, 3.8) is 0 Å². The lowest BCUT2D eigenvalue weighted by atomic mass is 10.1. The van der Waals surface area contributed by atoms with Crippen molar-refractivity contribution in [2.75, 3.05) is 72.0 Å². The van der Waals surface area contributed by atoms with Crippen molar-refractivity contribution in [1.29, 1.82) is 0 Å². The van der Waals surface area contributed by atoms with Crippen molar-refractivity contribution in [1.82, 2.24) is 25.0 Å². The third-order valence-electron chi connectivity index (χ3n) is 7.52. The molecule has 0 bridgehead atoms. The van der Waals surface area contributed by atoms with Crippen LogP contribution in [0, 0.1) is 0 Å². The molecular weight excluding hydrogens is 474 g/mol. The second-order valence-corrected chi connectivity index (χ2v) is 9.93. The lowest BCUT2D eigenvalue weighted by Crippen LogP contribution is -2.48. The van der Waals surface area contributed by atoms with Gasteiger partial charge >= 0.3 is 0 Å². The van der Waals surface area contributed by atoms with Gasteiger partial charge in [-0.15, -0.1) is 12.4 Å². The predicted molar refractivity (Wildman–Crippen MR) is 150 cm³/mol. The van der Waals surface area contributed by atoms with Crippen molar-refractivity contribution in [2.24, 2.45) is 0 Å². The van der Waals surface area contributed by atoms with Crippen LogP contribution in [0.25, 0.3) is 10.8 Å². The molecule has 7 nitrogen and oxygen atoms in total. The zero-order valence-electron chi connectivity index (χ0n) is 22.1. The third kappa shape index (κ3) is 8.67. The summed E-state index contributed by atoms with van der Waals surface area (Å²) in [6.45, 7) is 16.2. The van der Waals surface area contributed by atoms with Gasteiger partial charge in [0.05, 0.1) is 0 Å². The molecule has 8 heteroatoms. The second-order valence-electron chi connectivity index (χ2n) is 9.93. The van der Waals surface area contributed by atoms with Crippen LogP contribution < -0.4 is 10.1 Å². The number of likely N-dealkylation sites (N-methyl/N-ethyl adjacent to an activating group) is 1. The maximum absolute atomic E-state index is 12.7. The maximum atomic E-state index is 12.7. The van der Waals surface area contributed by atoms with Gasteiger partial charge in [0.1, 0.15) is 17.6 Å². The molecule has 2 fully saturated rings. The molecule has 1 aromatic heterocycles. The van der Waals surface area contributed by atoms with Crippen LogP contribution in [-0.2, 0) is 11.2 Å². The number of rotatable bonds is 12. The minimum absolute atomic E-state index is 0. The molecule has 4 rings (SSSR count). The van der Waals surface area contributed by atoms with Gasteiger partial charge in [-0.05, 0) is 68.7 Å². The summed E-state index contributed by atoms with van der Waals surface area (Å²) >= 11 is 0. The number of carbonyl (C=O) groups is 1. The molecule has 2 aliphatic heterocycles. The van der Waals surface area contributed by atoms with E-state index in [4.69, 9.17) is 4.74 Å².